The first-order valence-corrected chi connectivity index (χ1v) is 6.40. The fourth-order valence-electron chi connectivity index (χ4n) is 1.90. The zero-order valence-corrected chi connectivity index (χ0v) is 10.8. The normalized spacial score (nSPS) is 15.2. The molecule has 0 fully saturated rings. The molecule has 0 radical (unpaired) electrons. The summed E-state index contributed by atoms with van der Waals surface area (Å²) in [5, 5.41) is 6.15. The van der Waals surface area contributed by atoms with Crippen molar-refractivity contribution in [1.82, 2.24) is 10.6 Å². The molecule has 1 heterocycles. The van der Waals surface area contributed by atoms with Gasteiger partial charge in [-0.15, -0.1) is 13.2 Å². The minimum Gasteiger partial charge on any atom is -0.406 e. The fraction of sp³-hybridized carbons (Fsp3) is 0.462. The van der Waals surface area contributed by atoms with Crippen molar-refractivity contribution in [1.29, 1.82) is 0 Å². The van der Waals surface area contributed by atoms with Crippen molar-refractivity contribution in [3.63, 3.8) is 0 Å². The van der Waals surface area contributed by atoms with E-state index in [1.54, 1.807) is 12.1 Å². The summed E-state index contributed by atoms with van der Waals surface area (Å²) in [7, 11) is 0. The number of nitrogens with zero attached hydrogens (tertiary/aromatic N) is 1. The Kier molecular flexibility index (Phi) is 4.70. The number of benzene rings is 1. The monoisotopic (exact) mass is 287 g/mol. The molecule has 4 nitrogen and oxygen atoms in total. The van der Waals surface area contributed by atoms with Crippen LogP contribution >= 0.6 is 0 Å². The molecule has 0 saturated carbocycles. The van der Waals surface area contributed by atoms with Gasteiger partial charge in [0.15, 0.2) is 5.96 Å². The predicted octanol–water partition coefficient (Wildman–Crippen LogP) is 2.07. The van der Waals surface area contributed by atoms with Gasteiger partial charge in [-0.25, -0.2) is 0 Å². The summed E-state index contributed by atoms with van der Waals surface area (Å²) in [6, 6.07) is 6.15. The van der Waals surface area contributed by atoms with Crippen LogP contribution in [0.15, 0.2) is 29.3 Å². The summed E-state index contributed by atoms with van der Waals surface area (Å²) in [6.45, 7) is 2.12. The Morgan fingerprint density at radius 2 is 2.10 bits per heavy atom. The Morgan fingerprint density at radius 1 is 1.30 bits per heavy atom. The number of ether oxygens (including phenoxy) is 1. The van der Waals surface area contributed by atoms with Crippen LogP contribution in [0.5, 0.6) is 5.75 Å². The highest BCUT2D eigenvalue weighted by molar-refractivity contribution is 5.80. The number of nitrogens with one attached hydrogen (secondary N) is 2. The predicted molar refractivity (Wildman–Crippen MR) is 69.8 cm³/mol. The Hall–Kier alpha value is -1.92. The summed E-state index contributed by atoms with van der Waals surface area (Å²) in [6.07, 6.45) is -3.25. The van der Waals surface area contributed by atoms with Crippen LogP contribution in [0.25, 0.3) is 0 Å². The highest BCUT2D eigenvalue weighted by Gasteiger charge is 2.31. The molecule has 1 aliphatic rings. The molecule has 2 rings (SSSR count). The molecule has 2 N–H and O–H groups in total. The average Bonchev–Trinajstić information content (AvgIpc) is 2.40. The third-order valence-corrected chi connectivity index (χ3v) is 2.78. The minimum absolute atomic E-state index is 0.152. The lowest BCUT2D eigenvalue weighted by Crippen LogP contribution is -2.41. The first kappa shape index (κ1) is 14.5. The van der Waals surface area contributed by atoms with Gasteiger partial charge in [-0.2, -0.15) is 0 Å². The van der Waals surface area contributed by atoms with E-state index in [4.69, 9.17) is 0 Å². The van der Waals surface area contributed by atoms with Crippen LogP contribution in [0.1, 0.15) is 12.0 Å². The molecule has 1 aliphatic heterocycles. The largest absolute Gasteiger partial charge is 0.573 e. The third-order valence-electron chi connectivity index (χ3n) is 2.78. The number of rotatable bonds is 4. The number of hydrogen-bond acceptors (Lipinski definition) is 4. The van der Waals surface area contributed by atoms with Gasteiger partial charge in [0.05, 0.1) is 0 Å². The molecule has 0 spiro atoms. The fourth-order valence-corrected chi connectivity index (χ4v) is 1.90. The molecule has 1 aromatic rings. The maximum Gasteiger partial charge on any atom is 0.573 e. The second-order valence-corrected chi connectivity index (χ2v) is 4.34. The Morgan fingerprint density at radius 3 is 2.80 bits per heavy atom. The number of para-hydroxylation sites is 1. The van der Waals surface area contributed by atoms with Gasteiger partial charge in [0.1, 0.15) is 5.75 Å². The van der Waals surface area contributed by atoms with E-state index in [-0.39, 0.29) is 5.75 Å². The summed E-state index contributed by atoms with van der Waals surface area (Å²) in [4.78, 5) is 4.23. The SMILES string of the molecule is FC(F)(F)Oc1ccccc1CCNC1=NCCCN1. The molecule has 0 amide bonds. The lowest BCUT2D eigenvalue weighted by molar-refractivity contribution is -0.274. The highest BCUT2D eigenvalue weighted by atomic mass is 19.4. The molecule has 0 aromatic heterocycles. The van der Waals surface area contributed by atoms with E-state index in [9.17, 15) is 13.2 Å². The van der Waals surface area contributed by atoms with Crippen molar-refractivity contribution in [2.45, 2.75) is 19.2 Å². The van der Waals surface area contributed by atoms with Gasteiger partial charge >= 0.3 is 6.36 Å². The van der Waals surface area contributed by atoms with Gasteiger partial charge in [-0.3, -0.25) is 4.99 Å². The molecule has 20 heavy (non-hydrogen) atoms. The molecule has 0 saturated heterocycles. The van der Waals surface area contributed by atoms with E-state index in [1.165, 1.54) is 12.1 Å². The maximum atomic E-state index is 12.3. The van der Waals surface area contributed by atoms with Gasteiger partial charge in [0.25, 0.3) is 0 Å². The van der Waals surface area contributed by atoms with Crippen LogP contribution in [0, 0.1) is 0 Å². The minimum atomic E-state index is -4.67. The van der Waals surface area contributed by atoms with Gasteiger partial charge in [-0.05, 0) is 24.5 Å². The second kappa shape index (κ2) is 6.49. The average molecular weight is 287 g/mol. The van der Waals surface area contributed by atoms with Crippen molar-refractivity contribution in [2.24, 2.45) is 4.99 Å². The molecule has 1 aromatic carbocycles. The van der Waals surface area contributed by atoms with Crippen molar-refractivity contribution >= 4 is 5.96 Å². The lowest BCUT2D eigenvalue weighted by Gasteiger charge is -2.17. The quantitative estimate of drug-likeness (QED) is 0.891. The van der Waals surface area contributed by atoms with Gasteiger partial charge < -0.3 is 15.4 Å². The van der Waals surface area contributed by atoms with Gasteiger partial charge in [0, 0.05) is 19.6 Å². The smallest absolute Gasteiger partial charge is 0.406 e. The number of halogens is 3. The van der Waals surface area contributed by atoms with Crippen molar-refractivity contribution < 1.29 is 17.9 Å². The topological polar surface area (TPSA) is 45.6 Å². The van der Waals surface area contributed by atoms with E-state index in [0.29, 0.717) is 24.5 Å². The molecule has 0 bridgehead atoms. The summed E-state index contributed by atoms with van der Waals surface area (Å²) in [5.74, 6) is 0.547. The van der Waals surface area contributed by atoms with E-state index in [1.807, 2.05) is 0 Å². The Bertz CT molecular complexity index is 474. The van der Waals surface area contributed by atoms with E-state index in [2.05, 4.69) is 20.4 Å². The van der Waals surface area contributed by atoms with Crippen molar-refractivity contribution in [2.75, 3.05) is 19.6 Å². The summed E-state index contributed by atoms with van der Waals surface area (Å²) < 4.78 is 40.8. The molecule has 110 valence electrons. The van der Waals surface area contributed by atoms with Crippen LogP contribution in [0.3, 0.4) is 0 Å². The number of aliphatic imine (C=N–C) groups is 1. The molecule has 0 aliphatic carbocycles. The standard InChI is InChI=1S/C13H16F3N3O/c14-13(15,16)20-11-5-2-1-4-10(11)6-9-19-12-17-7-3-8-18-12/h1-2,4-5H,3,6-9H2,(H2,17,18,19). The van der Waals surface area contributed by atoms with Gasteiger partial charge in [0.2, 0.25) is 0 Å². The summed E-state index contributed by atoms with van der Waals surface area (Å²) >= 11 is 0. The first-order valence-electron chi connectivity index (χ1n) is 6.40. The van der Waals surface area contributed by atoms with Crippen LogP contribution in [-0.4, -0.2) is 32.0 Å². The molecule has 7 heteroatoms. The van der Waals surface area contributed by atoms with Crippen molar-refractivity contribution in [3.8, 4) is 5.75 Å². The molecular formula is C13H16F3N3O. The molecule has 0 unspecified atom stereocenters. The second-order valence-electron chi connectivity index (χ2n) is 4.34. The summed E-state index contributed by atoms with van der Waals surface area (Å²) in [5.41, 5.74) is 0.508. The van der Waals surface area contributed by atoms with E-state index in [0.717, 1.165) is 19.5 Å². The maximum absolute atomic E-state index is 12.3. The first-order chi connectivity index (χ1) is 9.54. The molecule has 0 atom stereocenters. The van der Waals surface area contributed by atoms with Crippen LogP contribution < -0.4 is 15.4 Å². The molecular weight excluding hydrogens is 271 g/mol. The number of guanidine groups is 1. The number of alkyl halides is 3. The van der Waals surface area contributed by atoms with Crippen LogP contribution in [0.4, 0.5) is 13.2 Å². The Labute approximate surface area is 115 Å². The highest BCUT2D eigenvalue weighted by Crippen LogP contribution is 2.26. The zero-order valence-electron chi connectivity index (χ0n) is 10.8. The lowest BCUT2D eigenvalue weighted by atomic mass is 10.1. The Balaban J connectivity index is 1.90. The number of hydrogen-bond donors (Lipinski definition) is 2. The van der Waals surface area contributed by atoms with Crippen LogP contribution in [-0.2, 0) is 6.42 Å². The third kappa shape index (κ3) is 4.64. The zero-order chi connectivity index (χ0) is 14.4. The van der Waals surface area contributed by atoms with Crippen LogP contribution in [0.2, 0.25) is 0 Å². The van der Waals surface area contributed by atoms with E-state index >= 15 is 0 Å². The van der Waals surface area contributed by atoms with Gasteiger partial charge in [-0.1, -0.05) is 18.2 Å². The van der Waals surface area contributed by atoms with E-state index < -0.39 is 6.36 Å². The van der Waals surface area contributed by atoms with Crippen molar-refractivity contribution in [3.05, 3.63) is 29.8 Å².